The fourth-order valence-corrected chi connectivity index (χ4v) is 4.98. The van der Waals surface area contributed by atoms with Crippen molar-refractivity contribution in [3.8, 4) is 0 Å². The van der Waals surface area contributed by atoms with Crippen LogP contribution in [0.5, 0.6) is 0 Å². The van der Waals surface area contributed by atoms with Gasteiger partial charge in [-0.05, 0) is 51.5 Å². The van der Waals surface area contributed by atoms with Crippen LogP contribution in [0.15, 0.2) is 16.9 Å². The van der Waals surface area contributed by atoms with Gasteiger partial charge in [0.2, 0.25) is 0 Å². The van der Waals surface area contributed by atoms with Crippen LogP contribution in [0.2, 0.25) is 0 Å². The van der Waals surface area contributed by atoms with Gasteiger partial charge in [-0.3, -0.25) is 4.79 Å². The molecule has 0 atom stereocenters. The number of aryl methyl sites for hydroxylation is 1. The predicted molar refractivity (Wildman–Crippen MR) is 87.4 cm³/mol. The summed E-state index contributed by atoms with van der Waals surface area (Å²) in [5.41, 5.74) is 0.734. The summed E-state index contributed by atoms with van der Waals surface area (Å²) in [6.07, 6.45) is 4.89. The molecule has 8 heteroatoms. The zero-order chi connectivity index (χ0) is 16.4. The van der Waals surface area contributed by atoms with Crippen LogP contribution < -0.4 is 10.3 Å². The minimum absolute atomic E-state index is 0.0441. The van der Waals surface area contributed by atoms with Crippen molar-refractivity contribution in [2.45, 2.75) is 57.5 Å². The molecule has 0 amide bonds. The Bertz CT molecular complexity index is 702. The first-order valence-corrected chi connectivity index (χ1v) is 9.73. The maximum atomic E-state index is 12.3. The second-order valence-electron chi connectivity index (χ2n) is 6.49. The third kappa shape index (κ3) is 3.81. The minimum atomic E-state index is -3.36. The first kappa shape index (κ1) is 16.6. The molecule has 1 N–H and O–H groups in total. The average Bonchev–Trinajstić information content (AvgIpc) is 3.06. The molecule has 0 radical (unpaired) electrons. The first-order valence-electron chi connectivity index (χ1n) is 8.29. The van der Waals surface area contributed by atoms with Crippen molar-refractivity contribution in [1.29, 1.82) is 0 Å². The predicted octanol–water partition coefficient (Wildman–Crippen LogP) is 0.966. The van der Waals surface area contributed by atoms with Crippen molar-refractivity contribution in [3.63, 3.8) is 0 Å². The molecule has 0 spiro atoms. The van der Waals surface area contributed by atoms with E-state index in [9.17, 15) is 13.2 Å². The Morgan fingerprint density at radius 3 is 2.43 bits per heavy atom. The van der Waals surface area contributed by atoms with Crippen LogP contribution in [0.4, 0.5) is 0 Å². The highest BCUT2D eigenvalue weighted by Gasteiger charge is 2.30. The van der Waals surface area contributed by atoms with Crippen molar-refractivity contribution in [3.05, 3.63) is 28.2 Å². The largest absolute Gasteiger partial charge is 0.279 e. The smallest absolute Gasteiger partial charge is 0.268 e. The second-order valence-corrected chi connectivity index (χ2v) is 8.19. The Kier molecular flexibility index (Phi) is 4.84. The topological polar surface area (TPSA) is 84.3 Å². The number of hydrogen-bond donors (Lipinski definition) is 1. The molecular formula is C15H24N4O3S. The third-order valence-corrected chi connectivity index (χ3v) is 6.40. The second kappa shape index (κ2) is 6.70. The maximum Gasteiger partial charge on any atom is 0.279 e. The monoisotopic (exact) mass is 340 g/mol. The molecule has 1 saturated heterocycles. The summed E-state index contributed by atoms with van der Waals surface area (Å²) in [4.78, 5) is 11.9. The quantitative estimate of drug-likeness (QED) is 0.885. The summed E-state index contributed by atoms with van der Waals surface area (Å²) in [7, 11) is -3.36. The van der Waals surface area contributed by atoms with E-state index in [1.165, 1.54) is 4.31 Å². The first-order chi connectivity index (χ1) is 11.0. The SMILES string of the molecule is Cc1ccc(=O)n(C2CCC(NS(=O)(=O)N3CCCC3)CC2)n1. The van der Waals surface area contributed by atoms with Crippen LogP contribution in [-0.2, 0) is 10.2 Å². The highest BCUT2D eigenvalue weighted by molar-refractivity contribution is 7.87. The molecule has 3 rings (SSSR count). The standard InChI is InChI=1S/C15H24N4O3S/c1-12-4-9-15(20)19(16-12)14-7-5-13(6-8-14)17-23(21,22)18-10-2-3-11-18/h4,9,13-14,17H,2-3,5-8,10-11H2,1H3. The minimum Gasteiger partial charge on any atom is -0.268 e. The molecule has 23 heavy (non-hydrogen) atoms. The summed E-state index contributed by atoms with van der Waals surface area (Å²) >= 11 is 0. The number of aromatic nitrogens is 2. The van der Waals surface area contributed by atoms with E-state index < -0.39 is 10.2 Å². The van der Waals surface area contributed by atoms with Gasteiger partial charge in [-0.25, -0.2) is 4.68 Å². The Morgan fingerprint density at radius 1 is 1.13 bits per heavy atom. The highest BCUT2D eigenvalue weighted by Crippen LogP contribution is 2.27. The Hall–Kier alpha value is -1.25. The van der Waals surface area contributed by atoms with Gasteiger partial charge in [-0.15, -0.1) is 0 Å². The van der Waals surface area contributed by atoms with Gasteiger partial charge < -0.3 is 0 Å². The van der Waals surface area contributed by atoms with E-state index in [4.69, 9.17) is 0 Å². The molecule has 7 nitrogen and oxygen atoms in total. The molecular weight excluding hydrogens is 316 g/mol. The number of hydrogen-bond acceptors (Lipinski definition) is 4. The van der Waals surface area contributed by atoms with Crippen LogP contribution in [0.3, 0.4) is 0 Å². The summed E-state index contributed by atoms with van der Waals surface area (Å²) in [5.74, 6) is 0. The van der Waals surface area contributed by atoms with Crippen LogP contribution in [0.1, 0.15) is 50.3 Å². The zero-order valence-corrected chi connectivity index (χ0v) is 14.3. The molecule has 128 valence electrons. The fraction of sp³-hybridized carbons (Fsp3) is 0.733. The van der Waals surface area contributed by atoms with E-state index in [0.29, 0.717) is 13.1 Å². The average molecular weight is 340 g/mol. The summed E-state index contributed by atoms with van der Waals surface area (Å²) in [6, 6.07) is 3.28. The molecule has 0 unspecified atom stereocenters. The number of nitrogens with zero attached hydrogens (tertiary/aromatic N) is 3. The lowest BCUT2D eigenvalue weighted by Crippen LogP contribution is -2.46. The van der Waals surface area contributed by atoms with E-state index in [-0.39, 0.29) is 17.6 Å². The van der Waals surface area contributed by atoms with Crippen LogP contribution in [-0.4, -0.2) is 41.6 Å². The van der Waals surface area contributed by atoms with Crippen molar-refractivity contribution in [2.75, 3.05) is 13.1 Å². The van der Waals surface area contributed by atoms with Crippen LogP contribution >= 0.6 is 0 Å². The Balaban J connectivity index is 1.60. The molecule has 0 bridgehead atoms. The Morgan fingerprint density at radius 2 is 1.78 bits per heavy atom. The number of nitrogens with one attached hydrogen (secondary N) is 1. The van der Waals surface area contributed by atoms with Gasteiger partial charge in [0, 0.05) is 25.2 Å². The van der Waals surface area contributed by atoms with Crippen molar-refractivity contribution >= 4 is 10.2 Å². The Labute approximate surface area is 136 Å². The summed E-state index contributed by atoms with van der Waals surface area (Å²) < 4.78 is 30.5. The van der Waals surface area contributed by atoms with Gasteiger partial charge in [-0.1, -0.05) is 0 Å². The van der Waals surface area contributed by atoms with Crippen LogP contribution in [0, 0.1) is 6.92 Å². The van der Waals surface area contributed by atoms with Crippen molar-refractivity contribution in [1.82, 2.24) is 18.8 Å². The molecule has 1 aliphatic carbocycles. The summed E-state index contributed by atoms with van der Waals surface area (Å²) in [6.45, 7) is 3.10. The van der Waals surface area contributed by atoms with E-state index in [1.54, 1.807) is 16.8 Å². The van der Waals surface area contributed by atoms with Crippen molar-refractivity contribution < 1.29 is 8.42 Å². The summed E-state index contributed by atoms with van der Waals surface area (Å²) in [5, 5.41) is 4.32. The maximum absolute atomic E-state index is 12.3. The van der Waals surface area contributed by atoms with E-state index in [0.717, 1.165) is 44.2 Å². The van der Waals surface area contributed by atoms with Gasteiger partial charge in [0.15, 0.2) is 0 Å². The van der Waals surface area contributed by atoms with Gasteiger partial charge >= 0.3 is 0 Å². The normalized spacial score (nSPS) is 26.5. The van der Waals surface area contributed by atoms with Gasteiger partial charge in [-0.2, -0.15) is 22.5 Å². The lowest BCUT2D eigenvalue weighted by Gasteiger charge is -2.30. The molecule has 1 aromatic rings. The zero-order valence-electron chi connectivity index (χ0n) is 13.4. The molecule has 0 aromatic carbocycles. The molecule has 2 aliphatic rings. The van der Waals surface area contributed by atoms with Gasteiger partial charge in [0.1, 0.15) is 0 Å². The van der Waals surface area contributed by atoms with E-state index in [2.05, 4.69) is 9.82 Å². The number of rotatable bonds is 4. The van der Waals surface area contributed by atoms with Crippen LogP contribution in [0.25, 0.3) is 0 Å². The van der Waals surface area contributed by atoms with Gasteiger partial charge in [0.25, 0.3) is 15.8 Å². The lowest BCUT2D eigenvalue weighted by molar-refractivity contribution is 0.282. The van der Waals surface area contributed by atoms with Gasteiger partial charge in [0.05, 0.1) is 11.7 Å². The molecule has 2 fully saturated rings. The molecule has 1 aromatic heterocycles. The molecule has 1 aliphatic heterocycles. The van der Waals surface area contributed by atoms with Crippen molar-refractivity contribution in [2.24, 2.45) is 0 Å². The highest BCUT2D eigenvalue weighted by atomic mass is 32.2. The molecule has 1 saturated carbocycles. The van der Waals surface area contributed by atoms with E-state index >= 15 is 0 Å². The lowest BCUT2D eigenvalue weighted by atomic mass is 9.92. The molecule has 2 heterocycles. The third-order valence-electron chi connectivity index (χ3n) is 4.72. The fourth-order valence-electron chi connectivity index (χ4n) is 3.43. The van der Waals surface area contributed by atoms with E-state index in [1.807, 2.05) is 6.92 Å².